The average Bonchev–Trinajstić information content (AvgIpc) is 2.71. The number of hydrogen-bond acceptors (Lipinski definition) is 5. The van der Waals surface area contributed by atoms with E-state index in [1.165, 1.54) is 18.5 Å². The zero-order valence-corrected chi connectivity index (χ0v) is 16.4. The number of benzene rings is 2. The summed E-state index contributed by atoms with van der Waals surface area (Å²) in [6.45, 7) is 4.39. The topological polar surface area (TPSA) is 76.1 Å². The predicted octanol–water partition coefficient (Wildman–Crippen LogP) is 4.31. The molecule has 0 unspecified atom stereocenters. The number of hydrogen-bond donors (Lipinski definition) is 2. The monoisotopic (exact) mass is 394 g/mol. The highest BCUT2D eigenvalue weighted by Gasteiger charge is 2.08. The SMILES string of the molecule is CC(C)Oc1ccc(NC(=O)c2cnc(NCCc3ccccc3F)nc2)cc1. The van der Waals surface area contributed by atoms with Gasteiger partial charge in [-0.2, -0.15) is 0 Å². The lowest BCUT2D eigenvalue weighted by molar-refractivity contribution is 0.102. The molecule has 3 aromatic rings. The van der Waals surface area contributed by atoms with E-state index < -0.39 is 0 Å². The van der Waals surface area contributed by atoms with Gasteiger partial charge in [-0.3, -0.25) is 4.79 Å². The molecule has 0 atom stereocenters. The lowest BCUT2D eigenvalue weighted by Crippen LogP contribution is -2.14. The van der Waals surface area contributed by atoms with Crippen LogP contribution in [0.4, 0.5) is 16.0 Å². The summed E-state index contributed by atoms with van der Waals surface area (Å²) in [6.07, 6.45) is 3.49. The van der Waals surface area contributed by atoms with Crippen molar-refractivity contribution in [2.24, 2.45) is 0 Å². The first-order valence-electron chi connectivity index (χ1n) is 9.38. The van der Waals surface area contributed by atoms with Gasteiger partial charge >= 0.3 is 0 Å². The Morgan fingerprint density at radius 2 is 1.76 bits per heavy atom. The quantitative estimate of drug-likeness (QED) is 0.595. The Balaban J connectivity index is 1.51. The van der Waals surface area contributed by atoms with Gasteiger partial charge in [-0.15, -0.1) is 0 Å². The summed E-state index contributed by atoms with van der Waals surface area (Å²) in [5, 5.41) is 5.82. The second-order valence-electron chi connectivity index (χ2n) is 6.71. The Morgan fingerprint density at radius 1 is 1.07 bits per heavy atom. The molecule has 1 heterocycles. The Hall–Kier alpha value is -3.48. The highest BCUT2D eigenvalue weighted by molar-refractivity contribution is 6.03. The van der Waals surface area contributed by atoms with Crippen molar-refractivity contribution in [1.29, 1.82) is 0 Å². The highest BCUT2D eigenvalue weighted by Crippen LogP contribution is 2.17. The molecule has 0 aliphatic carbocycles. The number of carbonyl (C=O) groups is 1. The zero-order valence-electron chi connectivity index (χ0n) is 16.4. The second-order valence-corrected chi connectivity index (χ2v) is 6.71. The molecule has 29 heavy (non-hydrogen) atoms. The molecular weight excluding hydrogens is 371 g/mol. The van der Waals surface area contributed by atoms with Crippen LogP contribution in [0.15, 0.2) is 60.9 Å². The van der Waals surface area contributed by atoms with Crippen molar-refractivity contribution in [2.45, 2.75) is 26.4 Å². The molecular formula is C22H23FN4O2. The van der Waals surface area contributed by atoms with Crippen molar-refractivity contribution in [3.05, 3.63) is 77.9 Å². The average molecular weight is 394 g/mol. The summed E-state index contributed by atoms with van der Waals surface area (Å²) < 4.78 is 19.2. The third kappa shape index (κ3) is 6.00. The van der Waals surface area contributed by atoms with Crippen LogP contribution in [-0.4, -0.2) is 28.5 Å². The standard InChI is InChI=1S/C22H23FN4O2/c1-15(2)29-19-9-7-18(8-10-19)27-21(28)17-13-25-22(26-14-17)24-12-11-16-5-3-4-6-20(16)23/h3-10,13-15H,11-12H2,1-2H3,(H,27,28)(H,24,25,26). The van der Waals surface area contributed by atoms with E-state index >= 15 is 0 Å². The van der Waals surface area contributed by atoms with E-state index in [0.717, 1.165) is 5.75 Å². The van der Waals surface area contributed by atoms with Gasteiger partial charge in [0.2, 0.25) is 5.95 Å². The molecule has 0 aliphatic heterocycles. The Morgan fingerprint density at radius 3 is 2.41 bits per heavy atom. The van der Waals surface area contributed by atoms with Crippen LogP contribution in [0.1, 0.15) is 29.8 Å². The number of nitrogens with zero attached hydrogens (tertiary/aromatic N) is 2. The molecule has 1 aromatic heterocycles. The number of rotatable bonds is 8. The van der Waals surface area contributed by atoms with Crippen LogP contribution in [0.5, 0.6) is 5.75 Å². The molecule has 7 heteroatoms. The van der Waals surface area contributed by atoms with Crippen LogP contribution in [0, 0.1) is 5.82 Å². The van der Waals surface area contributed by atoms with Crippen LogP contribution in [0.2, 0.25) is 0 Å². The summed E-state index contributed by atoms with van der Waals surface area (Å²) in [5.41, 5.74) is 1.62. The van der Waals surface area contributed by atoms with E-state index in [1.807, 2.05) is 13.8 Å². The molecule has 150 valence electrons. The minimum atomic E-state index is -0.305. The number of ether oxygens (including phenoxy) is 1. The lowest BCUT2D eigenvalue weighted by Gasteiger charge is -2.10. The van der Waals surface area contributed by atoms with Gasteiger partial charge in [-0.05, 0) is 56.2 Å². The maximum Gasteiger partial charge on any atom is 0.258 e. The fourth-order valence-corrected chi connectivity index (χ4v) is 2.64. The van der Waals surface area contributed by atoms with E-state index in [0.29, 0.717) is 35.7 Å². The van der Waals surface area contributed by atoms with Crippen LogP contribution in [-0.2, 0) is 6.42 Å². The third-order valence-electron chi connectivity index (χ3n) is 4.03. The smallest absolute Gasteiger partial charge is 0.258 e. The van der Waals surface area contributed by atoms with Crippen LogP contribution in [0.3, 0.4) is 0 Å². The molecule has 2 N–H and O–H groups in total. The van der Waals surface area contributed by atoms with Gasteiger partial charge in [0.1, 0.15) is 11.6 Å². The first-order chi connectivity index (χ1) is 14.0. The zero-order chi connectivity index (χ0) is 20.6. The number of halogens is 1. The first-order valence-corrected chi connectivity index (χ1v) is 9.38. The molecule has 0 bridgehead atoms. The number of nitrogens with one attached hydrogen (secondary N) is 2. The van der Waals surface area contributed by atoms with Gasteiger partial charge in [0.05, 0.1) is 11.7 Å². The molecule has 0 saturated carbocycles. The third-order valence-corrected chi connectivity index (χ3v) is 4.03. The molecule has 3 rings (SSSR count). The van der Waals surface area contributed by atoms with E-state index in [4.69, 9.17) is 4.74 Å². The maximum absolute atomic E-state index is 13.6. The van der Waals surface area contributed by atoms with Gasteiger partial charge in [0.25, 0.3) is 5.91 Å². The van der Waals surface area contributed by atoms with E-state index in [9.17, 15) is 9.18 Å². The fraction of sp³-hybridized carbons (Fsp3) is 0.227. The fourth-order valence-electron chi connectivity index (χ4n) is 2.64. The van der Waals surface area contributed by atoms with Gasteiger partial charge < -0.3 is 15.4 Å². The number of carbonyl (C=O) groups excluding carboxylic acids is 1. The summed E-state index contributed by atoms with van der Waals surface area (Å²) in [7, 11) is 0. The Kier molecular flexibility index (Phi) is 6.73. The minimum Gasteiger partial charge on any atom is -0.491 e. The van der Waals surface area contributed by atoms with Crippen molar-refractivity contribution >= 4 is 17.5 Å². The minimum absolute atomic E-state index is 0.0893. The van der Waals surface area contributed by atoms with Gasteiger partial charge in [0, 0.05) is 24.6 Å². The van der Waals surface area contributed by atoms with E-state index in [2.05, 4.69) is 20.6 Å². The number of amides is 1. The number of aromatic nitrogens is 2. The summed E-state index contributed by atoms with van der Waals surface area (Å²) >= 11 is 0. The van der Waals surface area contributed by atoms with Gasteiger partial charge in [-0.25, -0.2) is 14.4 Å². The van der Waals surface area contributed by atoms with Crippen molar-refractivity contribution in [1.82, 2.24) is 9.97 Å². The van der Waals surface area contributed by atoms with Crippen LogP contribution >= 0.6 is 0 Å². The largest absolute Gasteiger partial charge is 0.491 e. The van der Waals surface area contributed by atoms with Gasteiger partial charge in [0.15, 0.2) is 0 Å². The molecule has 0 radical (unpaired) electrons. The van der Waals surface area contributed by atoms with E-state index in [1.54, 1.807) is 42.5 Å². The van der Waals surface area contributed by atoms with Crippen molar-refractivity contribution in [2.75, 3.05) is 17.2 Å². The highest BCUT2D eigenvalue weighted by atomic mass is 19.1. The lowest BCUT2D eigenvalue weighted by atomic mass is 10.1. The summed E-state index contributed by atoms with van der Waals surface area (Å²) in [6, 6.07) is 13.8. The summed E-state index contributed by atoms with van der Waals surface area (Å²) in [4.78, 5) is 20.6. The van der Waals surface area contributed by atoms with Crippen LogP contribution in [0.25, 0.3) is 0 Å². The van der Waals surface area contributed by atoms with E-state index in [-0.39, 0.29) is 17.8 Å². The summed E-state index contributed by atoms with van der Waals surface area (Å²) in [5.74, 6) is 0.590. The normalized spacial score (nSPS) is 10.6. The van der Waals surface area contributed by atoms with Gasteiger partial charge in [-0.1, -0.05) is 18.2 Å². The Bertz CT molecular complexity index is 944. The molecule has 0 fully saturated rings. The Labute approximate surface area is 169 Å². The molecule has 2 aromatic carbocycles. The maximum atomic E-state index is 13.6. The number of anilines is 2. The molecule has 0 aliphatic rings. The first kappa shape index (κ1) is 20.3. The predicted molar refractivity (Wildman–Crippen MR) is 111 cm³/mol. The molecule has 6 nitrogen and oxygen atoms in total. The van der Waals surface area contributed by atoms with Crippen LogP contribution < -0.4 is 15.4 Å². The van der Waals surface area contributed by atoms with Crippen molar-refractivity contribution in [3.63, 3.8) is 0 Å². The molecule has 0 spiro atoms. The molecule has 0 saturated heterocycles. The van der Waals surface area contributed by atoms with Crippen molar-refractivity contribution in [3.8, 4) is 5.75 Å². The van der Waals surface area contributed by atoms with Crippen molar-refractivity contribution < 1.29 is 13.9 Å². The second kappa shape index (κ2) is 9.64. The molecule has 1 amide bonds.